The summed E-state index contributed by atoms with van der Waals surface area (Å²) in [6.07, 6.45) is 24.7. The quantitative estimate of drug-likeness (QED) is 0.0207. The Labute approximate surface area is 639 Å². The van der Waals surface area contributed by atoms with Crippen LogP contribution in [-0.2, 0) is 26.2 Å². The van der Waals surface area contributed by atoms with Crippen LogP contribution in [0.4, 0.5) is 13.2 Å². The van der Waals surface area contributed by atoms with Crippen molar-refractivity contribution >= 4 is 197 Å². The van der Waals surface area contributed by atoms with Gasteiger partial charge < -0.3 is 18.3 Å². The van der Waals surface area contributed by atoms with Crippen molar-refractivity contribution < 1.29 is 32.3 Å². The normalized spacial score (nSPS) is 15.0. The zero-order chi connectivity index (χ0) is 75.1. The molecule has 14 rings (SSSR count). The minimum absolute atomic E-state index is 0.0427. The molecule has 4 unspecified atom stereocenters. The van der Waals surface area contributed by atoms with E-state index in [9.17, 15) is 42.9 Å². The van der Waals surface area contributed by atoms with Crippen LogP contribution < -0.4 is 0 Å². The van der Waals surface area contributed by atoms with Crippen LogP contribution in [0.15, 0.2) is 71.1 Å². The van der Waals surface area contributed by atoms with Crippen molar-refractivity contribution in [3.05, 3.63) is 159 Å². The summed E-state index contributed by atoms with van der Waals surface area (Å²) < 4.78 is 62.2. The molecule has 10 aromatic heterocycles. The summed E-state index contributed by atoms with van der Waals surface area (Å²) >= 11 is 9.95. The van der Waals surface area contributed by atoms with Crippen LogP contribution in [0.25, 0.3) is 116 Å². The number of thiophene rings is 6. The Morgan fingerprint density at radius 2 is 0.689 bits per heavy atom. The topological polar surface area (TPSA) is 144 Å². The third-order valence-electron chi connectivity index (χ3n) is 21.6. The lowest BCUT2D eigenvalue weighted by atomic mass is 9.99. The highest BCUT2D eigenvalue weighted by Gasteiger charge is 2.38. The molecule has 0 aliphatic heterocycles. The van der Waals surface area contributed by atoms with E-state index in [4.69, 9.17) is 13.1 Å². The molecule has 2 aromatic carbocycles. The van der Waals surface area contributed by atoms with Gasteiger partial charge in [-0.15, -0.1) is 68.0 Å². The van der Waals surface area contributed by atoms with E-state index in [0.717, 1.165) is 158 Å². The molecule has 0 fully saturated rings. The third kappa shape index (κ3) is 13.8. The highest BCUT2D eigenvalue weighted by atomic mass is 32.1. The van der Waals surface area contributed by atoms with Gasteiger partial charge in [-0.05, 0) is 135 Å². The summed E-state index contributed by atoms with van der Waals surface area (Å²) in [4.78, 5) is 64.1. The first kappa shape index (κ1) is 75.5. The molecule has 2 aliphatic carbocycles. The number of carbonyl (C=O) groups excluding carboxylic acids is 4. The molecule has 106 heavy (non-hydrogen) atoms. The van der Waals surface area contributed by atoms with E-state index in [1.165, 1.54) is 103 Å². The van der Waals surface area contributed by atoms with Gasteiger partial charge in [-0.1, -0.05) is 132 Å². The lowest BCUT2D eigenvalue weighted by Crippen LogP contribution is -2.12. The average molecular weight is 1530 g/mol. The van der Waals surface area contributed by atoms with E-state index < -0.39 is 34.8 Å². The molecule has 0 spiro atoms. The SMILES string of the molecule is CCCCC(CC)Cn1c2cc(C=C3C(=O)c4cc(F)c(F)cc4C3=O)sc2c2sc3c4sc(/C=C5/C(=O)c6cc(C)c(F)cc6C5=O)cc4n(CC(CC)CCCC)c3c21.[C-]#[N+]/C(C#N)=C\c1cc2c(s1)c1sc3c4sc(/C=C(\C#N)[N+]#[C-])cc4n(CC(CC)CCCC)c3c1n2CC(CC)CCCC. The minimum Gasteiger partial charge on any atom is -0.337 e. The molecule has 0 saturated heterocycles. The van der Waals surface area contributed by atoms with E-state index in [0.29, 0.717) is 34.1 Å². The van der Waals surface area contributed by atoms with Gasteiger partial charge in [-0.3, -0.25) is 19.2 Å². The second kappa shape index (κ2) is 32.0. The summed E-state index contributed by atoms with van der Waals surface area (Å²) in [5.74, 6) is -2.98. The number of carbonyl (C=O) groups is 4. The molecule has 0 bridgehead atoms. The van der Waals surface area contributed by atoms with Gasteiger partial charge in [-0.2, -0.15) is 0 Å². The number of aryl methyl sites for hydroxylation is 1. The molecule has 12 nitrogen and oxygen atoms in total. The van der Waals surface area contributed by atoms with Crippen molar-refractivity contribution in [2.24, 2.45) is 23.7 Å². The van der Waals surface area contributed by atoms with Crippen molar-refractivity contribution in [3.63, 3.8) is 0 Å². The Morgan fingerprint density at radius 1 is 0.415 bits per heavy atom. The fourth-order valence-corrected chi connectivity index (χ4v) is 23.1. The van der Waals surface area contributed by atoms with Crippen LogP contribution in [-0.4, -0.2) is 41.4 Å². The average Bonchev–Trinajstić information content (AvgIpc) is 1.54. The van der Waals surface area contributed by atoms with Crippen molar-refractivity contribution in [1.29, 1.82) is 10.5 Å². The molecule has 0 radical (unpaired) electrons. The van der Waals surface area contributed by atoms with Gasteiger partial charge in [0.1, 0.15) is 5.82 Å². The van der Waals surface area contributed by atoms with E-state index in [2.05, 4.69) is 102 Å². The molecule has 0 N–H and O–H groups in total. The molecule has 544 valence electrons. The third-order valence-corrected chi connectivity index (χ3v) is 28.8. The predicted octanol–water partition coefficient (Wildman–Crippen LogP) is 26.3. The van der Waals surface area contributed by atoms with E-state index >= 15 is 0 Å². The van der Waals surface area contributed by atoms with Crippen LogP contribution >= 0.6 is 68.0 Å². The van der Waals surface area contributed by atoms with Gasteiger partial charge in [0.15, 0.2) is 34.8 Å². The maximum absolute atomic E-state index is 14.5. The summed E-state index contributed by atoms with van der Waals surface area (Å²) in [7, 11) is 0. The second-order valence-electron chi connectivity index (χ2n) is 28.4. The van der Waals surface area contributed by atoms with Crippen LogP contribution in [0.3, 0.4) is 0 Å². The molecule has 4 atom stereocenters. The summed E-state index contributed by atoms with van der Waals surface area (Å²) in [6.45, 7) is 37.8. The summed E-state index contributed by atoms with van der Waals surface area (Å²) in [5, 5.41) is 18.9. The van der Waals surface area contributed by atoms with Gasteiger partial charge in [0, 0.05) is 67.9 Å². The van der Waals surface area contributed by atoms with Gasteiger partial charge in [0.2, 0.25) is 0 Å². The smallest absolute Gasteiger partial charge is 0.263 e. The van der Waals surface area contributed by atoms with E-state index in [-0.39, 0.29) is 50.6 Å². The minimum atomic E-state index is -1.17. The fraction of sp³-hybridized carbons (Fsp3) is 0.388. The number of aromatic nitrogens is 4. The molecular weight excluding hydrogens is 1450 g/mol. The first-order valence-corrected chi connectivity index (χ1v) is 42.1. The number of nitrogens with zero attached hydrogens (tertiary/aromatic N) is 8. The number of nitriles is 2. The van der Waals surface area contributed by atoms with Crippen LogP contribution in [0.1, 0.15) is 225 Å². The van der Waals surface area contributed by atoms with E-state index in [1.54, 1.807) is 76.6 Å². The highest BCUT2D eigenvalue weighted by Crippen LogP contribution is 2.53. The zero-order valence-corrected chi connectivity index (χ0v) is 66.1. The Morgan fingerprint density at radius 3 is 0.962 bits per heavy atom. The maximum atomic E-state index is 14.5. The molecule has 12 aromatic rings. The molecule has 21 heteroatoms. The Hall–Kier alpha value is -8.77. The largest absolute Gasteiger partial charge is 0.337 e. The maximum Gasteiger partial charge on any atom is 0.263 e. The van der Waals surface area contributed by atoms with Crippen molar-refractivity contribution in [2.45, 2.75) is 191 Å². The van der Waals surface area contributed by atoms with E-state index in [1.807, 2.05) is 29.5 Å². The number of fused-ring (bicyclic) bond motifs is 16. The second-order valence-corrected chi connectivity index (χ2v) is 34.8. The van der Waals surface area contributed by atoms with Gasteiger partial charge >= 0.3 is 0 Å². The van der Waals surface area contributed by atoms with Gasteiger partial charge in [0.25, 0.3) is 11.4 Å². The van der Waals surface area contributed by atoms with Crippen molar-refractivity contribution in [2.75, 3.05) is 0 Å². The Bertz CT molecular complexity index is 5390. The molecule has 0 amide bonds. The molecule has 10 heterocycles. The van der Waals surface area contributed by atoms with Crippen molar-refractivity contribution in [1.82, 2.24) is 18.3 Å². The number of hydrogen-bond acceptors (Lipinski definition) is 12. The predicted molar refractivity (Wildman–Crippen MR) is 437 cm³/mol. The number of ketones is 4. The number of Topliss-reactive ketones (excluding diaryl/α,β-unsaturated/α-hetero) is 4. The number of benzene rings is 2. The number of halogens is 3. The number of unbranched alkanes of at least 4 members (excludes halogenated alkanes) is 4. The highest BCUT2D eigenvalue weighted by molar-refractivity contribution is 7.35. The van der Waals surface area contributed by atoms with Gasteiger partial charge in [0.05, 0.1) is 118 Å². The molecule has 2 aliphatic rings. The van der Waals surface area contributed by atoms with Crippen LogP contribution in [0.5, 0.6) is 0 Å². The lowest BCUT2D eigenvalue weighted by molar-refractivity contribution is 0.0975. The first-order chi connectivity index (χ1) is 51.3. The molecular formula is C85H83F3N8O4S6. The Kier molecular flexibility index (Phi) is 22.8. The number of rotatable bonds is 28. The lowest BCUT2D eigenvalue weighted by Gasteiger charge is -2.19. The van der Waals surface area contributed by atoms with Gasteiger partial charge in [-0.25, -0.2) is 33.4 Å². The Balaban J connectivity index is 0.000000197. The summed E-state index contributed by atoms with van der Waals surface area (Å²) in [5.41, 5.74) is 9.94. The van der Waals surface area contributed by atoms with Crippen molar-refractivity contribution in [3.8, 4) is 12.1 Å². The monoisotopic (exact) mass is 1530 g/mol. The summed E-state index contributed by atoms with van der Waals surface area (Å²) in [6, 6.07) is 16.8. The first-order valence-electron chi connectivity index (χ1n) is 37.2. The fourth-order valence-electron chi connectivity index (χ4n) is 15.5. The zero-order valence-electron chi connectivity index (χ0n) is 61.2. The van der Waals surface area contributed by atoms with Crippen LogP contribution in [0.2, 0.25) is 0 Å². The standard InChI is InChI=1S/C49H45F3N2O4S3.C36H38N6S3/c1-6-10-12-25(8-3)22-53-38-17-27(15-33-42(55)29-14-24(5)35(50)19-30(29)43(33)56)59-46(38)48-40(53)41-49(61-48)47-39(54(41)23-26(9-4)13-11-7-2)18-28(60-47)16-34-44(57)31-20-36(51)37(52)21-32(31)45(34)58;1-7-11-13-23(9-3)21-41-29-17-27(15-25(19-37)39-5)43-33(29)35-31(41)32-36(45-35)34-30(18-28(44-34)16-26(20-38)40-6)42(32)22-24(10-4)14-12-8-2/h14-21,25-26H,6-13,22-23H2,1-5H3;15-18,23-24H,7-14,21-22H2,1-4H3/b33-15-;25-15-,26-16+. The number of hydrogen-bond donors (Lipinski definition) is 0. The molecule has 0 saturated carbocycles. The van der Waals surface area contributed by atoms with Crippen LogP contribution in [0, 0.1) is 83.9 Å². The number of allylic oxidation sites excluding steroid dienone is 4.